The summed E-state index contributed by atoms with van der Waals surface area (Å²) in [5.74, 6) is 0. The molecule has 0 aromatic carbocycles. The van der Waals surface area contributed by atoms with Gasteiger partial charge in [0, 0.05) is 0 Å². The lowest BCUT2D eigenvalue weighted by molar-refractivity contribution is -0.286. The molecule has 3 unspecified atom stereocenters. The maximum absolute atomic E-state index is 9.22. The van der Waals surface area contributed by atoms with Crippen LogP contribution in [0.2, 0.25) is 0 Å². The van der Waals surface area contributed by atoms with Crippen molar-refractivity contribution in [1.82, 2.24) is 0 Å². The van der Waals surface area contributed by atoms with E-state index >= 15 is 0 Å². The van der Waals surface area contributed by atoms with E-state index in [-0.39, 0.29) is 0 Å². The van der Waals surface area contributed by atoms with E-state index in [1.807, 2.05) is 0 Å². The van der Waals surface area contributed by atoms with Crippen molar-refractivity contribution < 1.29 is 33.0 Å². The normalized spacial score (nSPS) is 52.9. The number of hydrogen-bond donors (Lipinski definition) is 5. The molecule has 0 radical (unpaired) electrons. The van der Waals surface area contributed by atoms with Crippen molar-refractivity contribution >= 4 is 0 Å². The van der Waals surface area contributed by atoms with Gasteiger partial charge >= 0.3 is 0 Å². The summed E-state index contributed by atoms with van der Waals surface area (Å²) >= 11 is 0. The molecule has 1 aliphatic heterocycles. The van der Waals surface area contributed by atoms with Gasteiger partial charge in [-0.15, -0.1) is 0 Å². The van der Waals surface area contributed by atoms with E-state index in [0.717, 1.165) is 0 Å². The molecule has 1 saturated heterocycles. The Morgan fingerprint density at radius 2 is 1.67 bits per heavy atom. The molecule has 0 saturated carbocycles. The summed E-state index contributed by atoms with van der Waals surface area (Å²) in [6.07, 6.45) is -8.97. The average Bonchev–Trinajstić information content (AvgIpc) is 2.06. The fourth-order valence-corrected chi connectivity index (χ4v) is 0.968. The number of hydrogen-bond acceptors (Lipinski definition) is 6. The van der Waals surface area contributed by atoms with E-state index in [9.17, 15) is 5.11 Å². The first-order chi connectivity index (χ1) is 6.25. The van der Waals surface area contributed by atoms with Crippen LogP contribution in [-0.2, 0) is 4.74 Å². The first-order valence-corrected chi connectivity index (χ1v) is 3.35. The van der Waals surface area contributed by atoms with Crippen LogP contribution in [0.5, 0.6) is 0 Å². The van der Waals surface area contributed by atoms with Crippen LogP contribution in [0.1, 0.15) is 2.74 Å². The van der Waals surface area contributed by atoms with Crippen LogP contribution in [0.15, 0.2) is 0 Å². The van der Waals surface area contributed by atoms with Crippen molar-refractivity contribution in [3.63, 3.8) is 0 Å². The van der Waals surface area contributed by atoms with Gasteiger partial charge in [0.25, 0.3) is 0 Å². The number of aliphatic hydroxyl groups excluding tert-OH is 4. The molecule has 0 aromatic heterocycles. The molecule has 0 aromatic rings. The van der Waals surface area contributed by atoms with Crippen LogP contribution in [-0.4, -0.2) is 62.8 Å². The van der Waals surface area contributed by atoms with Gasteiger partial charge in [-0.25, -0.2) is 0 Å². The zero-order chi connectivity index (χ0) is 11.1. The third-order valence-corrected chi connectivity index (χ3v) is 1.72. The topological polar surface area (TPSA) is 110 Å². The highest BCUT2D eigenvalue weighted by atomic mass is 16.6. The van der Waals surface area contributed by atoms with E-state index in [1.54, 1.807) is 0 Å². The molecule has 72 valence electrons. The molecule has 12 heavy (non-hydrogen) atoms. The van der Waals surface area contributed by atoms with Crippen LogP contribution in [0.4, 0.5) is 0 Å². The Morgan fingerprint density at radius 3 is 2.17 bits per heavy atom. The number of ether oxygens (including phenoxy) is 1. The molecule has 1 heterocycles. The van der Waals surface area contributed by atoms with E-state index in [1.165, 1.54) is 0 Å². The van der Waals surface area contributed by atoms with Gasteiger partial charge in [0.15, 0.2) is 6.29 Å². The molecule has 0 aliphatic carbocycles. The third-order valence-electron chi connectivity index (χ3n) is 1.72. The standard InChI is InChI=1S/C6H12O6/c7-1-2-3(8)4(9)5(10)6(11)12-2/h2-11H,1H2/t2?,3-,4+,5?,6?/m1/s1/i1D2. The lowest BCUT2D eigenvalue weighted by Crippen LogP contribution is -2.58. The number of aliphatic hydroxyl groups is 5. The SMILES string of the molecule is [2H]C([2H])(O)C1OC(O)C(O)[C@@H](O)[C@@H]1O. The molecule has 1 fully saturated rings. The van der Waals surface area contributed by atoms with Gasteiger partial charge in [-0.05, 0) is 0 Å². The third kappa shape index (κ3) is 1.58. The fourth-order valence-electron chi connectivity index (χ4n) is 0.968. The smallest absolute Gasteiger partial charge is 0.184 e. The summed E-state index contributed by atoms with van der Waals surface area (Å²) in [6, 6.07) is 0. The summed E-state index contributed by atoms with van der Waals surface area (Å²) in [5.41, 5.74) is 0. The molecule has 5 N–H and O–H groups in total. The first-order valence-electron chi connectivity index (χ1n) is 4.35. The van der Waals surface area contributed by atoms with Crippen LogP contribution in [0.25, 0.3) is 0 Å². The highest BCUT2D eigenvalue weighted by Gasteiger charge is 2.42. The molecular formula is C6H12O6. The van der Waals surface area contributed by atoms with Crippen molar-refractivity contribution in [3.8, 4) is 0 Å². The highest BCUT2D eigenvalue weighted by Crippen LogP contribution is 2.18. The Balaban J connectivity index is 2.81. The maximum atomic E-state index is 9.22. The van der Waals surface area contributed by atoms with Crippen molar-refractivity contribution in [3.05, 3.63) is 0 Å². The van der Waals surface area contributed by atoms with Crippen molar-refractivity contribution in [2.45, 2.75) is 30.7 Å². The minimum atomic E-state index is -2.92. The second-order valence-electron chi connectivity index (χ2n) is 2.55. The Hall–Kier alpha value is -0.240. The fraction of sp³-hybridized carbons (Fsp3) is 1.00. The molecule has 6 nitrogen and oxygen atoms in total. The maximum Gasteiger partial charge on any atom is 0.184 e. The largest absolute Gasteiger partial charge is 0.394 e. The second-order valence-corrected chi connectivity index (χ2v) is 2.55. The first kappa shape index (κ1) is 7.19. The predicted octanol–water partition coefficient (Wildman–Crippen LogP) is -3.22. The zero-order valence-corrected chi connectivity index (χ0v) is 6.03. The Morgan fingerprint density at radius 1 is 1.08 bits per heavy atom. The molecule has 1 aliphatic rings. The van der Waals surface area contributed by atoms with Gasteiger partial charge in [-0.3, -0.25) is 0 Å². The molecular weight excluding hydrogens is 168 g/mol. The van der Waals surface area contributed by atoms with Crippen molar-refractivity contribution in [2.75, 3.05) is 6.56 Å². The second kappa shape index (κ2) is 3.65. The highest BCUT2D eigenvalue weighted by molar-refractivity contribution is 4.87. The van der Waals surface area contributed by atoms with Crippen LogP contribution in [0, 0.1) is 0 Å². The summed E-state index contributed by atoms with van der Waals surface area (Å²) in [4.78, 5) is 0. The van der Waals surface area contributed by atoms with Gasteiger partial charge in [0.1, 0.15) is 24.4 Å². The van der Waals surface area contributed by atoms with Gasteiger partial charge < -0.3 is 30.3 Å². The van der Waals surface area contributed by atoms with Gasteiger partial charge in [0.2, 0.25) is 0 Å². The molecule has 0 bridgehead atoms. The lowest BCUT2D eigenvalue weighted by Gasteiger charge is -2.37. The van der Waals surface area contributed by atoms with Crippen LogP contribution < -0.4 is 0 Å². The van der Waals surface area contributed by atoms with E-state index < -0.39 is 37.3 Å². The molecule has 6 heteroatoms. The Bertz CT molecular complexity index is 207. The lowest BCUT2D eigenvalue weighted by atomic mass is 10.00. The predicted molar refractivity (Wildman–Crippen MR) is 36.0 cm³/mol. The van der Waals surface area contributed by atoms with Crippen molar-refractivity contribution in [2.24, 2.45) is 0 Å². The Labute approximate surface area is 71.5 Å². The molecule has 1 rings (SSSR count). The van der Waals surface area contributed by atoms with E-state index in [4.69, 9.17) is 23.2 Å². The van der Waals surface area contributed by atoms with Gasteiger partial charge in [-0.1, -0.05) is 0 Å². The summed E-state index contributed by atoms with van der Waals surface area (Å²) in [6.45, 7) is -2.92. The summed E-state index contributed by atoms with van der Waals surface area (Å²) in [5, 5.41) is 45.2. The quantitative estimate of drug-likeness (QED) is 0.292. The number of rotatable bonds is 1. The zero-order valence-electron chi connectivity index (χ0n) is 8.03. The minimum absolute atomic E-state index is 1.73. The van der Waals surface area contributed by atoms with E-state index in [2.05, 4.69) is 4.74 Å². The summed E-state index contributed by atoms with van der Waals surface area (Å²) < 4.78 is 18.1. The van der Waals surface area contributed by atoms with Gasteiger partial charge in [-0.2, -0.15) is 0 Å². The Kier molecular flexibility index (Phi) is 2.19. The minimum Gasteiger partial charge on any atom is -0.394 e. The van der Waals surface area contributed by atoms with Crippen LogP contribution >= 0.6 is 0 Å². The molecule has 5 atom stereocenters. The van der Waals surface area contributed by atoms with Crippen LogP contribution in [0.3, 0.4) is 0 Å². The van der Waals surface area contributed by atoms with Gasteiger partial charge in [0.05, 0.1) is 9.30 Å². The molecule has 0 amide bonds. The summed E-state index contributed by atoms with van der Waals surface area (Å²) in [7, 11) is 0. The average molecular weight is 182 g/mol. The molecule has 0 spiro atoms. The monoisotopic (exact) mass is 182 g/mol. The van der Waals surface area contributed by atoms with Crippen molar-refractivity contribution in [1.29, 1.82) is 0 Å². The van der Waals surface area contributed by atoms with E-state index in [0.29, 0.717) is 0 Å².